The van der Waals surface area contributed by atoms with Crippen LogP contribution >= 0.6 is 0 Å². The van der Waals surface area contributed by atoms with E-state index in [-0.39, 0.29) is 11.1 Å². The predicted octanol–water partition coefficient (Wildman–Crippen LogP) is 2.07. The van der Waals surface area contributed by atoms with Gasteiger partial charge < -0.3 is 19.2 Å². The molecule has 0 spiro atoms. The van der Waals surface area contributed by atoms with Gasteiger partial charge in [-0.05, 0) is 26.0 Å². The highest BCUT2D eigenvalue weighted by Gasteiger charge is 2.38. The minimum absolute atomic E-state index is 0.127. The second-order valence-electron chi connectivity index (χ2n) is 5.37. The van der Waals surface area contributed by atoms with Gasteiger partial charge in [0.05, 0.1) is 24.2 Å². The first-order chi connectivity index (χ1) is 11.4. The van der Waals surface area contributed by atoms with Crippen molar-refractivity contribution in [3.63, 3.8) is 0 Å². The van der Waals surface area contributed by atoms with Gasteiger partial charge in [0.15, 0.2) is 0 Å². The number of para-hydroxylation sites is 1. The molecule has 6 heteroatoms. The fourth-order valence-electron chi connectivity index (χ4n) is 2.65. The third-order valence-corrected chi connectivity index (χ3v) is 4.12. The summed E-state index contributed by atoms with van der Waals surface area (Å²) in [6, 6.07) is 8.54. The molecule has 126 valence electrons. The average Bonchev–Trinajstić information content (AvgIpc) is 2.59. The molecule has 24 heavy (non-hydrogen) atoms. The third-order valence-electron chi connectivity index (χ3n) is 4.12. The van der Waals surface area contributed by atoms with Crippen LogP contribution in [0.25, 0.3) is 0 Å². The molecule has 0 radical (unpaired) electrons. The van der Waals surface area contributed by atoms with E-state index in [1.807, 2.05) is 0 Å². The number of hydrogen-bond donors (Lipinski definition) is 0. The first-order valence-corrected chi connectivity index (χ1v) is 7.38. The lowest BCUT2D eigenvalue weighted by atomic mass is 9.86. The summed E-state index contributed by atoms with van der Waals surface area (Å²) < 4.78 is 10.1. The summed E-state index contributed by atoms with van der Waals surface area (Å²) in [7, 11) is 2.95. The van der Waals surface area contributed by atoms with Gasteiger partial charge in [-0.2, -0.15) is 0 Å². The fraction of sp³-hybridized carbons (Fsp3) is 0.278. The highest BCUT2D eigenvalue weighted by molar-refractivity contribution is 6.03. The van der Waals surface area contributed by atoms with Crippen molar-refractivity contribution >= 4 is 18.2 Å². The maximum absolute atomic E-state index is 12.6. The van der Waals surface area contributed by atoms with Crippen LogP contribution in [0.2, 0.25) is 0 Å². The Hall–Kier alpha value is -2.89. The Bertz CT molecular complexity index is 733. The Morgan fingerprint density at radius 1 is 1.04 bits per heavy atom. The van der Waals surface area contributed by atoms with Crippen LogP contribution in [0.5, 0.6) is 5.75 Å². The molecule has 1 aromatic carbocycles. The van der Waals surface area contributed by atoms with E-state index in [4.69, 9.17) is 9.47 Å². The van der Waals surface area contributed by atoms with Crippen LogP contribution in [-0.2, 0) is 19.1 Å². The van der Waals surface area contributed by atoms with Crippen molar-refractivity contribution in [2.24, 2.45) is 5.92 Å². The SMILES string of the molecule is COC(=O)C1=C(C)N(C)C(C)=C(C(=O)Oc2ccccc2)C1C=O. The van der Waals surface area contributed by atoms with Gasteiger partial charge in [0, 0.05) is 18.4 Å². The van der Waals surface area contributed by atoms with E-state index in [1.54, 1.807) is 56.1 Å². The number of carbonyl (C=O) groups excluding carboxylic acids is 3. The van der Waals surface area contributed by atoms with Gasteiger partial charge in [-0.1, -0.05) is 18.2 Å². The minimum atomic E-state index is -1.02. The number of carbonyl (C=O) groups is 3. The minimum Gasteiger partial charge on any atom is -0.466 e. The number of aldehydes is 1. The summed E-state index contributed by atoms with van der Waals surface area (Å²) in [6.45, 7) is 3.40. The van der Waals surface area contributed by atoms with Crippen molar-refractivity contribution < 1.29 is 23.9 Å². The second kappa shape index (κ2) is 7.12. The smallest absolute Gasteiger partial charge is 0.342 e. The Labute approximate surface area is 140 Å². The number of rotatable bonds is 4. The summed E-state index contributed by atoms with van der Waals surface area (Å²) in [5, 5.41) is 0. The van der Waals surface area contributed by atoms with Crippen molar-refractivity contribution in [2.45, 2.75) is 13.8 Å². The van der Waals surface area contributed by atoms with E-state index >= 15 is 0 Å². The maximum Gasteiger partial charge on any atom is 0.342 e. The molecular weight excluding hydrogens is 310 g/mol. The molecule has 0 saturated carbocycles. The molecule has 0 aromatic heterocycles. The van der Waals surface area contributed by atoms with E-state index in [0.717, 1.165) is 0 Å². The molecular formula is C18H19NO5. The number of ether oxygens (including phenoxy) is 2. The van der Waals surface area contributed by atoms with Gasteiger partial charge in [0.25, 0.3) is 0 Å². The molecule has 0 saturated heterocycles. The van der Waals surface area contributed by atoms with Gasteiger partial charge in [-0.25, -0.2) is 9.59 Å². The molecule has 0 aliphatic carbocycles. The lowest BCUT2D eigenvalue weighted by Gasteiger charge is -2.33. The Morgan fingerprint density at radius 3 is 2.08 bits per heavy atom. The van der Waals surface area contributed by atoms with Crippen molar-refractivity contribution in [1.82, 2.24) is 4.90 Å². The number of esters is 2. The van der Waals surface area contributed by atoms with Crippen LogP contribution in [0, 0.1) is 5.92 Å². The highest BCUT2D eigenvalue weighted by atomic mass is 16.5. The van der Waals surface area contributed by atoms with Gasteiger partial charge in [-0.3, -0.25) is 0 Å². The first kappa shape index (κ1) is 17.5. The summed E-state index contributed by atoms with van der Waals surface area (Å²) in [5.74, 6) is -1.98. The van der Waals surface area contributed by atoms with Crippen LogP contribution in [0.3, 0.4) is 0 Å². The van der Waals surface area contributed by atoms with Crippen molar-refractivity contribution in [2.75, 3.05) is 14.2 Å². The highest BCUT2D eigenvalue weighted by Crippen LogP contribution is 2.34. The molecule has 6 nitrogen and oxygen atoms in total. The van der Waals surface area contributed by atoms with Crippen LogP contribution in [0.1, 0.15) is 13.8 Å². The van der Waals surface area contributed by atoms with Crippen molar-refractivity contribution in [3.05, 3.63) is 52.9 Å². The van der Waals surface area contributed by atoms with Gasteiger partial charge >= 0.3 is 11.9 Å². The molecule has 1 atom stereocenters. The maximum atomic E-state index is 12.6. The van der Waals surface area contributed by atoms with Crippen molar-refractivity contribution in [1.29, 1.82) is 0 Å². The molecule has 1 aliphatic rings. The zero-order chi connectivity index (χ0) is 17.9. The molecule has 0 amide bonds. The normalized spacial score (nSPS) is 17.7. The van der Waals surface area contributed by atoms with Crippen LogP contribution in [0.4, 0.5) is 0 Å². The summed E-state index contributed by atoms with van der Waals surface area (Å²) in [5.41, 5.74) is 1.38. The zero-order valence-corrected chi connectivity index (χ0v) is 14.0. The van der Waals surface area contributed by atoms with E-state index < -0.39 is 17.9 Å². The molecule has 0 N–H and O–H groups in total. The Kier molecular flexibility index (Phi) is 5.18. The van der Waals surface area contributed by atoms with Gasteiger partial charge in [-0.15, -0.1) is 0 Å². The van der Waals surface area contributed by atoms with Crippen LogP contribution < -0.4 is 4.74 Å². The summed E-state index contributed by atoms with van der Waals surface area (Å²) in [6.07, 6.45) is 0.563. The lowest BCUT2D eigenvalue weighted by molar-refractivity contribution is -0.137. The molecule has 1 aromatic rings. The topological polar surface area (TPSA) is 72.9 Å². The number of hydrogen-bond acceptors (Lipinski definition) is 6. The van der Waals surface area contributed by atoms with E-state index in [1.165, 1.54) is 7.11 Å². The average molecular weight is 329 g/mol. The molecule has 2 rings (SSSR count). The molecule has 1 aliphatic heterocycles. The molecule has 1 unspecified atom stereocenters. The zero-order valence-electron chi connectivity index (χ0n) is 14.0. The molecule has 1 heterocycles. The standard InChI is InChI=1S/C18H19NO5/c1-11-15(17(21)23-4)14(10-20)16(12(2)19(11)3)18(22)24-13-8-6-5-7-9-13/h5-10,14H,1-4H3. The lowest BCUT2D eigenvalue weighted by Crippen LogP contribution is -2.35. The quantitative estimate of drug-likeness (QED) is 0.478. The Morgan fingerprint density at radius 2 is 1.58 bits per heavy atom. The predicted molar refractivity (Wildman–Crippen MR) is 86.8 cm³/mol. The van der Waals surface area contributed by atoms with E-state index in [2.05, 4.69) is 0 Å². The largest absolute Gasteiger partial charge is 0.466 e. The van der Waals surface area contributed by atoms with Crippen molar-refractivity contribution in [3.8, 4) is 5.75 Å². The second-order valence-corrected chi connectivity index (χ2v) is 5.37. The van der Waals surface area contributed by atoms with Crippen LogP contribution in [-0.4, -0.2) is 37.3 Å². The van der Waals surface area contributed by atoms with Gasteiger partial charge in [0.1, 0.15) is 12.0 Å². The summed E-state index contributed by atoms with van der Waals surface area (Å²) >= 11 is 0. The van der Waals surface area contributed by atoms with Crippen LogP contribution in [0.15, 0.2) is 52.9 Å². The monoisotopic (exact) mass is 329 g/mol. The number of methoxy groups -OCH3 is 1. The number of benzene rings is 1. The molecule has 0 bridgehead atoms. The van der Waals surface area contributed by atoms with Gasteiger partial charge in [0.2, 0.25) is 0 Å². The first-order valence-electron chi connectivity index (χ1n) is 7.38. The number of nitrogens with zero attached hydrogens (tertiary/aromatic N) is 1. The number of allylic oxidation sites excluding steroid dienone is 2. The Balaban J connectivity index is 2.45. The van der Waals surface area contributed by atoms with E-state index in [0.29, 0.717) is 23.4 Å². The fourth-order valence-corrected chi connectivity index (χ4v) is 2.65. The van der Waals surface area contributed by atoms with E-state index in [9.17, 15) is 14.4 Å². The molecule has 0 fully saturated rings. The third kappa shape index (κ3) is 3.08. The summed E-state index contributed by atoms with van der Waals surface area (Å²) in [4.78, 5) is 38.0.